The fraction of sp³-hybridized carbons (Fsp3) is 0.250. The molecule has 1 aliphatic carbocycles. The van der Waals surface area contributed by atoms with Gasteiger partial charge in [-0.3, -0.25) is 0 Å². The molecule has 0 spiro atoms. The van der Waals surface area contributed by atoms with Crippen LogP contribution in [0.25, 0.3) is 11.0 Å². The average molecular weight is 322 g/mol. The topological polar surface area (TPSA) is 59.7 Å². The summed E-state index contributed by atoms with van der Waals surface area (Å²) in [6, 6.07) is 12.9. The van der Waals surface area contributed by atoms with Gasteiger partial charge < -0.3 is 14.3 Å². The van der Waals surface area contributed by atoms with Gasteiger partial charge in [-0.2, -0.15) is 0 Å². The van der Waals surface area contributed by atoms with E-state index in [2.05, 4.69) is 0 Å². The van der Waals surface area contributed by atoms with Crippen LogP contribution < -0.4 is 10.4 Å². The second-order valence-corrected chi connectivity index (χ2v) is 6.12. The lowest BCUT2D eigenvalue weighted by Crippen LogP contribution is -2.19. The second-order valence-electron chi connectivity index (χ2n) is 6.12. The molecule has 0 radical (unpaired) electrons. The van der Waals surface area contributed by atoms with Crippen molar-refractivity contribution in [1.82, 2.24) is 0 Å². The Hall–Kier alpha value is -2.75. The smallest absolute Gasteiger partial charge is 0.343 e. The summed E-state index contributed by atoms with van der Waals surface area (Å²) in [6.07, 6.45) is 2.65. The summed E-state index contributed by atoms with van der Waals surface area (Å²) in [5, 5.41) is 11.3. The third-order valence-electron chi connectivity index (χ3n) is 4.85. The van der Waals surface area contributed by atoms with Crippen molar-refractivity contribution >= 4 is 11.0 Å². The third-order valence-corrected chi connectivity index (χ3v) is 4.85. The molecule has 1 aliphatic rings. The first-order chi connectivity index (χ1) is 11.7. The zero-order valence-electron chi connectivity index (χ0n) is 13.4. The van der Waals surface area contributed by atoms with Gasteiger partial charge in [0, 0.05) is 5.92 Å². The van der Waals surface area contributed by atoms with E-state index in [1.54, 1.807) is 25.3 Å². The van der Waals surface area contributed by atoms with E-state index in [0.717, 1.165) is 36.1 Å². The highest BCUT2D eigenvalue weighted by Gasteiger charge is 2.29. The molecule has 4 nitrogen and oxygen atoms in total. The van der Waals surface area contributed by atoms with E-state index >= 15 is 0 Å². The predicted octanol–water partition coefficient (Wildman–Crippen LogP) is 3.98. The van der Waals surface area contributed by atoms with E-state index in [0.29, 0.717) is 16.5 Å². The summed E-state index contributed by atoms with van der Waals surface area (Å²) in [6.45, 7) is 0. The summed E-state index contributed by atoms with van der Waals surface area (Å²) < 4.78 is 10.9. The highest BCUT2D eigenvalue weighted by molar-refractivity contribution is 5.84. The van der Waals surface area contributed by atoms with Gasteiger partial charge in [-0.05, 0) is 48.6 Å². The lowest BCUT2D eigenvalue weighted by Gasteiger charge is -2.27. The molecular weight excluding hydrogens is 304 g/mol. The fourth-order valence-corrected chi connectivity index (χ4v) is 3.76. The Balaban J connectivity index is 1.96. The van der Waals surface area contributed by atoms with Crippen molar-refractivity contribution in [2.45, 2.75) is 25.2 Å². The molecule has 1 atom stereocenters. The molecule has 0 bridgehead atoms. The van der Waals surface area contributed by atoms with E-state index in [4.69, 9.17) is 9.15 Å². The quantitative estimate of drug-likeness (QED) is 0.725. The van der Waals surface area contributed by atoms with E-state index in [-0.39, 0.29) is 11.7 Å². The van der Waals surface area contributed by atoms with Crippen molar-refractivity contribution in [3.8, 4) is 11.5 Å². The van der Waals surface area contributed by atoms with Crippen molar-refractivity contribution in [2.75, 3.05) is 7.11 Å². The van der Waals surface area contributed by atoms with Crippen molar-refractivity contribution in [3.63, 3.8) is 0 Å². The minimum absolute atomic E-state index is 0.0301. The molecule has 0 saturated heterocycles. The molecule has 0 amide bonds. The van der Waals surface area contributed by atoms with Crippen molar-refractivity contribution in [3.05, 3.63) is 69.6 Å². The van der Waals surface area contributed by atoms with Crippen molar-refractivity contribution < 1.29 is 14.3 Å². The van der Waals surface area contributed by atoms with Gasteiger partial charge in [0.15, 0.2) is 0 Å². The molecule has 24 heavy (non-hydrogen) atoms. The normalized spacial score (nSPS) is 16.8. The number of rotatable bonds is 2. The number of fused-ring (bicyclic) bond motifs is 2. The molecule has 4 heteroatoms. The SMILES string of the molecule is COc1cccc2c1CCCC2c1c(O)c2ccccc2oc1=O. The standard InChI is InChI=1S/C20H18O4/c1-23-16-11-5-7-12-13(16)8-4-9-14(12)18-19(21)15-6-2-3-10-17(15)24-20(18)22/h2-3,5-7,10-11,14,21H,4,8-9H2,1H3. The van der Waals surface area contributed by atoms with Crippen molar-refractivity contribution in [1.29, 1.82) is 0 Å². The number of methoxy groups -OCH3 is 1. The Kier molecular flexibility index (Phi) is 3.53. The molecular formula is C20H18O4. The summed E-state index contributed by atoms with van der Waals surface area (Å²) in [7, 11) is 1.65. The molecule has 1 heterocycles. The maximum atomic E-state index is 12.6. The van der Waals surface area contributed by atoms with Gasteiger partial charge >= 0.3 is 5.63 Å². The summed E-state index contributed by atoms with van der Waals surface area (Å²) >= 11 is 0. The molecule has 1 aromatic heterocycles. The van der Waals surface area contributed by atoms with Crippen LogP contribution in [0.5, 0.6) is 11.5 Å². The Morgan fingerprint density at radius 3 is 2.83 bits per heavy atom. The molecule has 1 N–H and O–H groups in total. The zero-order valence-corrected chi connectivity index (χ0v) is 13.4. The molecule has 3 aromatic rings. The number of aromatic hydroxyl groups is 1. The Morgan fingerprint density at radius 1 is 1.17 bits per heavy atom. The predicted molar refractivity (Wildman–Crippen MR) is 91.9 cm³/mol. The van der Waals surface area contributed by atoms with Gasteiger partial charge in [0.05, 0.1) is 18.1 Å². The van der Waals surface area contributed by atoms with E-state index in [9.17, 15) is 9.90 Å². The first kappa shape index (κ1) is 14.8. The monoisotopic (exact) mass is 322 g/mol. The Morgan fingerprint density at radius 2 is 2.00 bits per heavy atom. The van der Waals surface area contributed by atoms with Crippen LogP contribution in [0.2, 0.25) is 0 Å². The average Bonchev–Trinajstić information content (AvgIpc) is 2.61. The van der Waals surface area contributed by atoms with Crippen LogP contribution in [-0.2, 0) is 6.42 Å². The van der Waals surface area contributed by atoms with E-state index < -0.39 is 5.63 Å². The van der Waals surface area contributed by atoms with Crippen LogP contribution in [0.15, 0.2) is 51.7 Å². The largest absolute Gasteiger partial charge is 0.507 e. The molecule has 2 aromatic carbocycles. The van der Waals surface area contributed by atoms with Crippen LogP contribution in [0.1, 0.15) is 35.4 Å². The number of ether oxygens (including phenoxy) is 1. The fourth-order valence-electron chi connectivity index (χ4n) is 3.76. The molecule has 0 fully saturated rings. The number of hydrogen-bond acceptors (Lipinski definition) is 4. The molecule has 0 saturated carbocycles. The minimum atomic E-state index is -0.466. The molecule has 1 unspecified atom stereocenters. The van der Waals surface area contributed by atoms with Crippen molar-refractivity contribution in [2.24, 2.45) is 0 Å². The Labute approximate surface area is 139 Å². The molecule has 4 rings (SSSR count). The maximum absolute atomic E-state index is 12.6. The van der Waals surface area contributed by atoms with Crippen LogP contribution >= 0.6 is 0 Å². The van der Waals surface area contributed by atoms with Crippen LogP contribution in [0, 0.1) is 0 Å². The lowest BCUT2D eigenvalue weighted by molar-refractivity contribution is 0.402. The van der Waals surface area contributed by atoms with Crippen LogP contribution in [-0.4, -0.2) is 12.2 Å². The third kappa shape index (κ3) is 2.18. The molecule has 122 valence electrons. The summed E-state index contributed by atoms with van der Waals surface area (Å²) in [5.41, 5.74) is 2.45. The van der Waals surface area contributed by atoms with Crippen LogP contribution in [0.3, 0.4) is 0 Å². The van der Waals surface area contributed by atoms with Gasteiger partial charge in [-0.15, -0.1) is 0 Å². The first-order valence-corrected chi connectivity index (χ1v) is 8.11. The number of benzene rings is 2. The van der Waals surface area contributed by atoms with Crippen LogP contribution in [0.4, 0.5) is 0 Å². The van der Waals surface area contributed by atoms with Gasteiger partial charge in [-0.1, -0.05) is 24.3 Å². The van der Waals surface area contributed by atoms with E-state index in [1.165, 1.54) is 0 Å². The maximum Gasteiger partial charge on any atom is 0.343 e. The zero-order chi connectivity index (χ0) is 16.7. The highest BCUT2D eigenvalue weighted by atomic mass is 16.5. The Bertz CT molecular complexity index is 971. The first-order valence-electron chi connectivity index (χ1n) is 8.11. The van der Waals surface area contributed by atoms with Gasteiger partial charge in [-0.25, -0.2) is 4.79 Å². The summed E-state index contributed by atoms with van der Waals surface area (Å²) in [4.78, 5) is 12.6. The van der Waals surface area contributed by atoms with Gasteiger partial charge in [0.2, 0.25) is 0 Å². The number of para-hydroxylation sites is 1. The highest BCUT2D eigenvalue weighted by Crippen LogP contribution is 2.43. The van der Waals surface area contributed by atoms with Gasteiger partial charge in [0.1, 0.15) is 17.1 Å². The summed E-state index contributed by atoms with van der Waals surface area (Å²) in [5.74, 6) is 0.689. The number of hydrogen-bond donors (Lipinski definition) is 1. The molecule has 0 aliphatic heterocycles. The van der Waals surface area contributed by atoms with E-state index in [1.807, 2.05) is 24.3 Å². The lowest BCUT2D eigenvalue weighted by atomic mass is 9.78. The second kappa shape index (κ2) is 5.71. The van der Waals surface area contributed by atoms with Gasteiger partial charge in [0.25, 0.3) is 0 Å². The minimum Gasteiger partial charge on any atom is -0.507 e.